The second kappa shape index (κ2) is 6.80. The standard InChI is InChI=1S/C18H26N2O2/c1-13-6-3-4-8-16(13)17-11-20(14(2)12-22-17)18(21)15-7-5-9-19-10-15/h3-4,6,8,14-15,17,19H,5,7,9-12H2,1-2H3. The SMILES string of the molecule is Cc1ccccc1C1CN(C(=O)C2CCCNC2)C(C)CO1. The number of rotatable bonds is 2. The molecule has 0 radical (unpaired) electrons. The van der Waals surface area contributed by atoms with E-state index in [1.807, 2.05) is 17.0 Å². The van der Waals surface area contributed by atoms with Gasteiger partial charge in [-0.05, 0) is 44.4 Å². The first-order valence-corrected chi connectivity index (χ1v) is 8.35. The normalized spacial score (nSPS) is 29.4. The van der Waals surface area contributed by atoms with Gasteiger partial charge in [0.15, 0.2) is 0 Å². The lowest BCUT2D eigenvalue weighted by atomic mass is 9.95. The van der Waals surface area contributed by atoms with Crippen LogP contribution in [0.25, 0.3) is 0 Å². The predicted molar refractivity (Wildman–Crippen MR) is 86.6 cm³/mol. The van der Waals surface area contributed by atoms with Gasteiger partial charge in [0.1, 0.15) is 6.10 Å². The molecule has 2 heterocycles. The molecule has 120 valence electrons. The number of piperidine rings is 1. The third kappa shape index (κ3) is 3.18. The van der Waals surface area contributed by atoms with Crippen LogP contribution in [0, 0.1) is 12.8 Å². The molecule has 2 aliphatic heterocycles. The third-order valence-electron chi connectivity index (χ3n) is 4.90. The van der Waals surface area contributed by atoms with E-state index in [-0.39, 0.29) is 18.1 Å². The van der Waals surface area contributed by atoms with Crippen LogP contribution in [-0.4, -0.2) is 43.1 Å². The van der Waals surface area contributed by atoms with Gasteiger partial charge in [-0.15, -0.1) is 0 Å². The van der Waals surface area contributed by atoms with Gasteiger partial charge >= 0.3 is 0 Å². The molecular weight excluding hydrogens is 276 g/mol. The van der Waals surface area contributed by atoms with Crippen molar-refractivity contribution in [2.24, 2.45) is 5.92 Å². The summed E-state index contributed by atoms with van der Waals surface area (Å²) in [4.78, 5) is 14.9. The minimum Gasteiger partial charge on any atom is -0.370 e. The Balaban J connectivity index is 1.73. The van der Waals surface area contributed by atoms with E-state index in [4.69, 9.17) is 4.74 Å². The summed E-state index contributed by atoms with van der Waals surface area (Å²) in [5.41, 5.74) is 2.43. The summed E-state index contributed by atoms with van der Waals surface area (Å²) >= 11 is 0. The third-order valence-corrected chi connectivity index (χ3v) is 4.90. The van der Waals surface area contributed by atoms with Crippen LogP contribution >= 0.6 is 0 Å². The number of nitrogens with zero attached hydrogens (tertiary/aromatic N) is 1. The highest BCUT2D eigenvalue weighted by Gasteiger charge is 2.34. The van der Waals surface area contributed by atoms with E-state index in [0.717, 1.165) is 25.9 Å². The molecule has 1 aromatic carbocycles. The second-order valence-corrected chi connectivity index (χ2v) is 6.56. The predicted octanol–water partition coefficient (Wildman–Crippen LogP) is 2.28. The average Bonchev–Trinajstić information content (AvgIpc) is 2.56. The van der Waals surface area contributed by atoms with E-state index < -0.39 is 0 Å². The van der Waals surface area contributed by atoms with Crippen molar-refractivity contribution in [2.75, 3.05) is 26.2 Å². The number of aryl methyl sites for hydroxylation is 1. The fraction of sp³-hybridized carbons (Fsp3) is 0.611. The summed E-state index contributed by atoms with van der Waals surface area (Å²) in [6.45, 7) is 7.33. The van der Waals surface area contributed by atoms with Crippen molar-refractivity contribution < 1.29 is 9.53 Å². The van der Waals surface area contributed by atoms with Gasteiger partial charge in [0.25, 0.3) is 0 Å². The Morgan fingerprint density at radius 3 is 2.91 bits per heavy atom. The molecule has 0 spiro atoms. The maximum atomic E-state index is 12.9. The topological polar surface area (TPSA) is 41.6 Å². The van der Waals surface area contributed by atoms with Gasteiger partial charge in [0, 0.05) is 6.54 Å². The first-order chi connectivity index (χ1) is 10.7. The zero-order valence-electron chi connectivity index (χ0n) is 13.5. The monoisotopic (exact) mass is 302 g/mol. The summed E-state index contributed by atoms with van der Waals surface area (Å²) in [5.74, 6) is 0.424. The largest absolute Gasteiger partial charge is 0.370 e. The van der Waals surface area contributed by atoms with Crippen LogP contribution < -0.4 is 5.32 Å². The van der Waals surface area contributed by atoms with Crippen molar-refractivity contribution in [3.8, 4) is 0 Å². The van der Waals surface area contributed by atoms with E-state index in [2.05, 4.69) is 31.3 Å². The number of ether oxygens (including phenoxy) is 1. The molecule has 0 aliphatic carbocycles. The average molecular weight is 302 g/mol. The van der Waals surface area contributed by atoms with Gasteiger partial charge in [-0.1, -0.05) is 24.3 Å². The van der Waals surface area contributed by atoms with E-state index in [1.54, 1.807) is 0 Å². The molecule has 0 saturated carbocycles. The van der Waals surface area contributed by atoms with Crippen LogP contribution in [0.1, 0.15) is 37.0 Å². The minimum atomic E-state index is -0.00194. The number of morpholine rings is 1. The van der Waals surface area contributed by atoms with Gasteiger partial charge in [-0.3, -0.25) is 4.79 Å². The van der Waals surface area contributed by atoms with E-state index in [0.29, 0.717) is 19.1 Å². The molecule has 1 aromatic rings. The maximum absolute atomic E-state index is 12.9. The minimum absolute atomic E-state index is 0.00194. The molecule has 22 heavy (non-hydrogen) atoms. The van der Waals surface area contributed by atoms with Crippen molar-refractivity contribution in [1.82, 2.24) is 10.2 Å². The smallest absolute Gasteiger partial charge is 0.227 e. The molecule has 4 heteroatoms. The highest BCUT2D eigenvalue weighted by Crippen LogP contribution is 2.28. The van der Waals surface area contributed by atoms with Crippen molar-refractivity contribution in [3.05, 3.63) is 35.4 Å². The molecule has 2 saturated heterocycles. The number of nitrogens with one attached hydrogen (secondary N) is 1. The van der Waals surface area contributed by atoms with Gasteiger partial charge in [0.2, 0.25) is 5.91 Å². The number of amides is 1. The molecule has 2 aliphatic rings. The van der Waals surface area contributed by atoms with Gasteiger partial charge < -0.3 is 15.0 Å². The summed E-state index contributed by atoms with van der Waals surface area (Å²) in [7, 11) is 0. The van der Waals surface area contributed by atoms with Gasteiger partial charge in [-0.2, -0.15) is 0 Å². The Morgan fingerprint density at radius 2 is 2.18 bits per heavy atom. The molecule has 0 bridgehead atoms. The van der Waals surface area contributed by atoms with Crippen molar-refractivity contribution in [1.29, 1.82) is 0 Å². The lowest BCUT2D eigenvalue weighted by Crippen LogP contribution is -2.52. The van der Waals surface area contributed by atoms with Crippen molar-refractivity contribution >= 4 is 5.91 Å². The van der Waals surface area contributed by atoms with Crippen molar-refractivity contribution in [2.45, 2.75) is 38.8 Å². The number of carbonyl (C=O) groups excluding carboxylic acids is 1. The molecule has 2 fully saturated rings. The lowest BCUT2D eigenvalue weighted by molar-refractivity contribution is -0.149. The molecular formula is C18H26N2O2. The van der Waals surface area contributed by atoms with Crippen LogP contribution in [0.3, 0.4) is 0 Å². The second-order valence-electron chi connectivity index (χ2n) is 6.56. The summed E-state index contributed by atoms with van der Waals surface area (Å²) in [6, 6.07) is 8.46. The summed E-state index contributed by atoms with van der Waals surface area (Å²) in [6.07, 6.45) is 2.10. The summed E-state index contributed by atoms with van der Waals surface area (Å²) in [5, 5.41) is 3.34. The first-order valence-electron chi connectivity index (χ1n) is 8.35. The Hall–Kier alpha value is -1.39. The molecule has 1 amide bonds. The zero-order chi connectivity index (χ0) is 15.5. The van der Waals surface area contributed by atoms with Gasteiger partial charge in [0.05, 0.1) is 25.1 Å². The van der Waals surface area contributed by atoms with Crippen LogP contribution in [0.15, 0.2) is 24.3 Å². The zero-order valence-corrected chi connectivity index (χ0v) is 13.5. The fourth-order valence-electron chi connectivity index (χ4n) is 3.50. The molecule has 3 unspecified atom stereocenters. The lowest BCUT2D eigenvalue weighted by Gasteiger charge is -2.40. The number of benzene rings is 1. The van der Waals surface area contributed by atoms with Crippen molar-refractivity contribution in [3.63, 3.8) is 0 Å². The molecule has 3 rings (SSSR count). The Kier molecular flexibility index (Phi) is 4.79. The van der Waals surface area contributed by atoms with Crippen LogP contribution in [0.4, 0.5) is 0 Å². The molecule has 3 atom stereocenters. The first kappa shape index (κ1) is 15.5. The summed E-state index contributed by atoms with van der Waals surface area (Å²) < 4.78 is 6.02. The highest BCUT2D eigenvalue weighted by molar-refractivity contribution is 5.79. The van der Waals surface area contributed by atoms with Gasteiger partial charge in [-0.25, -0.2) is 0 Å². The van der Waals surface area contributed by atoms with E-state index in [1.165, 1.54) is 11.1 Å². The number of hydrogen-bond donors (Lipinski definition) is 1. The van der Waals surface area contributed by atoms with Crippen LogP contribution in [-0.2, 0) is 9.53 Å². The van der Waals surface area contributed by atoms with E-state index >= 15 is 0 Å². The number of carbonyl (C=O) groups is 1. The van der Waals surface area contributed by atoms with E-state index in [9.17, 15) is 4.79 Å². The Labute approximate surface area is 132 Å². The van der Waals surface area contributed by atoms with Crippen LogP contribution in [0.2, 0.25) is 0 Å². The van der Waals surface area contributed by atoms with Crippen LogP contribution in [0.5, 0.6) is 0 Å². The fourth-order valence-corrected chi connectivity index (χ4v) is 3.50. The number of hydrogen-bond acceptors (Lipinski definition) is 3. The molecule has 0 aromatic heterocycles. The maximum Gasteiger partial charge on any atom is 0.227 e. The Morgan fingerprint density at radius 1 is 1.36 bits per heavy atom. The molecule has 1 N–H and O–H groups in total. The Bertz CT molecular complexity index is 526. The molecule has 4 nitrogen and oxygen atoms in total. The quantitative estimate of drug-likeness (QED) is 0.911. The highest BCUT2D eigenvalue weighted by atomic mass is 16.5.